The van der Waals surface area contributed by atoms with Gasteiger partial charge in [0.15, 0.2) is 0 Å². The molecule has 0 bridgehead atoms. The first kappa shape index (κ1) is 15.0. The van der Waals surface area contributed by atoms with Gasteiger partial charge in [0.1, 0.15) is 5.75 Å². The van der Waals surface area contributed by atoms with Crippen LogP contribution >= 0.6 is 11.3 Å². The first-order chi connectivity index (χ1) is 9.63. The van der Waals surface area contributed by atoms with Gasteiger partial charge in [-0.25, -0.2) is 4.98 Å². The number of hydrogen-bond acceptors (Lipinski definition) is 4. The lowest BCUT2D eigenvalue weighted by molar-refractivity contribution is 0.474. The van der Waals surface area contributed by atoms with Gasteiger partial charge in [-0.15, -0.1) is 11.3 Å². The molecule has 2 rings (SSSR count). The molecule has 108 valence electrons. The summed E-state index contributed by atoms with van der Waals surface area (Å²) in [6.45, 7) is 5.23. The minimum atomic E-state index is 0.332. The summed E-state index contributed by atoms with van der Waals surface area (Å²) >= 11 is 1.71. The number of nitrogens with one attached hydrogen (secondary N) is 1. The van der Waals surface area contributed by atoms with Crippen LogP contribution < -0.4 is 5.32 Å². The number of aromatic hydroxyl groups is 1. The number of phenols is 1. The fourth-order valence-electron chi connectivity index (χ4n) is 2.12. The van der Waals surface area contributed by atoms with Crippen LogP contribution in [0.5, 0.6) is 5.75 Å². The van der Waals surface area contributed by atoms with Crippen molar-refractivity contribution in [2.45, 2.75) is 39.2 Å². The molecule has 2 N–H and O–H groups in total. The van der Waals surface area contributed by atoms with E-state index in [1.54, 1.807) is 23.5 Å². The molecular weight excluding hydrogens is 268 g/mol. The molecule has 0 aliphatic carbocycles. The van der Waals surface area contributed by atoms with Crippen molar-refractivity contribution < 1.29 is 5.11 Å². The molecule has 0 aliphatic heterocycles. The number of rotatable bonds is 7. The Bertz CT molecular complexity index is 522. The highest BCUT2D eigenvalue weighted by Gasteiger charge is 2.03. The Labute approximate surface area is 124 Å². The number of nitrogens with zero attached hydrogens (tertiary/aromatic N) is 1. The molecule has 0 saturated heterocycles. The molecule has 0 amide bonds. The largest absolute Gasteiger partial charge is 0.508 e. The average molecular weight is 290 g/mol. The summed E-state index contributed by atoms with van der Waals surface area (Å²) in [6.07, 6.45) is 3.12. The zero-order valence-corrected chi connectivity index (χ0v) is 12.9. The summed E-state index contributed by atoms with van der Waals surface area (Å²) in [5.74, 6) is 0.332. The van der Waals surface area contributed by atoms with E-state index in [1.165, 1.54) is 11.3 Å². The van der Waals surface area contributed by atoms with Gasteiger partial charge in [0, 0.05) is 24.4 Å². The number of benzene rings is 1. The van der Waals surface area contributed by atoms with Gasteiger partial charge in [0.2, 0.25) is 0 Å². The normalized spacial score (nSPS) is 12.5. The van der Waals surface area contributed by atoms with Gasteiger partial charge >= 0.3 is 0 Å². The molecule has 4 heteroatoms. The van der Waals surface area contributed by atoms with Crippen molar-refractivity contribution in [1.82, 2.24) is 10.3 Å². The minimum absolute atomic E-state index is 0.332. The lowest BCUT2D eigenvalue weighted by atomic mass is 10.1. The zero-order chi connectivity index (χ0) is 14.4. The molecular formula is C16H22N2OS. The van der Waals surface area contributed by atoms with Crippen LogP contribution in [0, 0.1) is 6.92 Å². The molecule has 1 unspecified atom stereocenters. The molecule has 1 aromatic heterocycles. The number of phenolic OH excluding ortho intramolecular Hbond substituents is 1. The summed E-state index contributed by atoms with van der Waals surface area (Å²) in [5.41, 5.74) is 2.46. The van der Waals surface area contributed by atoms with Crippen LogP contribution in [0.3, 0.4) is 0 Å². The van der Waals surface area contributed by atoms with Crippen molar-refractivity contribution in [3.05, 3.63) is 45.9 Å². The standard InChI is InChI=1S/C16H22N2OS/c1-12(3-4-14-5-7-16(19)8-6-14)17-10-9-15-11-20-13(2)18-15/h5-8,11-12,17,19H,3-4,9-10H2,1-2H3. The smallest absolute Gasteiger partial charge is 0.115 e. The summed E-state index contributed by atoms with van der Waals surface area (Å²) in [4.78, 5) is 4.46. The van der Waals surface area contributed by atoms with E-state index >= 15 is 0 Å². The SMILES string of the molecule is Cc1nc(CCNC(C)CCc2ccc(O)cc2)cs1. The molecule has 0 aliphatic rings. The first-order valence-electron chi connectivity index (χ1n) is 7.06. The van der Waals surface area contributed by atoms with E-state index in [9.17, 15) is 5.11 Å². The highest BCUT2D eigenvalue weighted by Crippen LogP contribution is 2.12. The van der Waals surface area contributed by atoms with Gasteiger partial charge in [0.25, 0.3) is 0 Å². The van der Waals surface area contributed by atoms with Crippen LogP contribution in [0.1, 0.15) is 29.6 Å². The van der Waals surface area contributed by atoms with Gasteiger partial charge in [-0.1, -0.05) is 12.1 Å². The number of hydrogen-bond donors (Lipinski definition) is 2. The van der Waals surface area contributed by atoms with Crippen LogP contribution in [0.25, 0.3) is 0 Å². The van der Waals surface area contributed by atoms with Gasteiger partial charge < -0.3 is 10.4 Å². The lowest BCUT2D eigenvalue weighted by Gasteiger charge is -2.13. The third-order valence-electron chi connectivity index (χ3n) is 3.34. The Balaban J connectivity index is 1.65. The molecule has 0 radical (unpaired) electrons. The average Bonchev–Trinajstić information content (AvgIpc) is 2.84. The number of aromatic nitrogens is 1. The molecule has 1 atom stereocenters. The number of aryl methyl sites for hydroxylation is 2. The second-order valence-corrected chi connectivity index (χ2v) is 6.23. The fourth-order valence-corrected chi connectivity index (χ4v) is 2.76. The molecule has 1 aromatic carbocycles. The van der Waals surface area contributed by atoms with E-state index in [-0.39, 0.29) is 0 Å². The minimum Gasteiger partial charge on any atom is -0.508 e. The third kappa shape index (κ3) is 4.94. The second-order valence-electron chi connectivity index (χ2n) is 5.17. The Morgan fingerprint density at radius 3 is 2.65 bits per heavy atom. The van der Waals surface area contributed by atoms with E-state index in [0.29, 0.717) is 11.8 Å². The molecule has 3 nitrogen and oxygen atoms in total. The molecule has 2 aromatic rings. The van der Waals surface area contributed by atoms with Crippen molar-refractivity contribution in [2.75, 3.05) is 6.54 Å². The molecule has 0 spiro atoms. The third-order valence-corrected chi connectivity index (χ3v) is 4.17. The fraction of sp³-hybridized carbons (Fsp3) is 0.438. The van der Waals surface area contributed by atoms with Gasteiger partial charge in [0.05, 0.1) is 10.7 Å². The van der Waals surface area contributed by atoms with Gasteiger partial charge in [-0.05, 0) is 44.4 Å². The van der Waals surface area contributed by atoms with E-state index in [0.717, 1.165) is 30.8 Å². The van der Waals surface area contributed by atoms with E-state index in [1.807, 2.05) is 19.1 Å². The quantitative estimate of drug-likeness (QED) is 0.822. The van der Waals surface area contributed by atoms with E-state index in [2.05, 4.69) is 22.6 Å². The number of thiazole rings is 1. The molecule has 1 heterocycles. The lowest BCUT2D eigenvalue weighted by Crippen LogP contribution is -2.28. The predicted octanol–water partition coefficient (Wildman–Crippen LogP) is 3.31. The summed E-state index contributed by atoms with van der Waals surface area (Å²) in [7, 11) is 0. The van der Waals surface area contributed by atoms with Gasteiger partial charge in [-0.3, -0.25) is 0 Å². The summed E-state index contributed by atoms with van der Waals surface area (Å²) in [6, 6.07) is 7.96. The van der Waals surface area contributed by atoms with E-state index in [4.69, 9.17) is 0 Å². The Hall–Kier alpha value is -1.39. The van der Waals surface area contributed by atoms with Crippen LogP contribution in [-0.4, -0.2) is 22.7 Å². The van der Waals surface area contributed by atoms with Crippen molar-refractivity contribution in [3.63, 3.8) is 0 Å². The summed E-state index contributed by atoms with van der Waals surface area (Å²) < 4.78 is 0. The van der Waals surface area contributed by atoms with Crippen LogP contribution in [0.4, 0.5) is 0 Å². The second kappa shape index (κ2) is 7.41. The molecule has 0 saturated carbocycles. The highest BCUT2D eigenvalue weighted by atomic mass is 32.1. The van der Waals surface area contributed by atoms with Crippen molar-refractivity contribution in [2.24, 2.45) is 0 Å². The van der Waals surface area contributed by atoms with Gasteiger partial charge in [-0.2, -0.15) is 0 Å². The Morgan fingerprint density at radius 2 is 2.00 bits per heavy atom. The van der Waals surface area contributed by atoms with Crippen molar-refractivity contribution in [1.29, 1.82) is 0 Å². The maximum atomic E-state index is 9.24. The zero-order valence-electron chi connectivity index (χ0n) is 12.1. The highest BCUT2D eigenvalue weighted by molar-refractivity contribution is 7.09. The first-order valence-corrected chi connectivity index (χ1v) is 7.94. The predicted molar refractivity (Wildman–Crippen MR) is 84.4 cm³/mol. The topological polar surface area (TPSA) is 45.2 Å². The van der Waals surface area contributed by atoms with E-state index < -0.39 is 0 Å². The summed E-state index contributed by atoms with van der Waals surface area (Å²) in [5, 5.41) is 16.1. The van der Waals surface area contributed by atoms with Crippen molar-refractivity contribution in [3.8, 4) is 5.75 Å². The van der Waals surface area contributed by atoms with Crippen LogP contribution in [-0.2, 0) is 12.8 Å². The molecule has 0 fully saturated rings. The monoisotopic (exact) mass is 290 g/mol. The molecule has 20 heavy (non-hydrogen) atoms. The Morgan fingerprint density at radius 1 is 1.25 bits per heavy atom. The van der Waals surface area contributed by atoms with Crippen LogP contribution in [0.2, 0.25) is 0 Å². The maximum absolute atomic E-state index is 9.24. The van der Waals surface area contributed by atoms with Crippen molar-refractivity contribution >= 4 is 11.3 Å². The maximum Gasteiger partial charge on any atom is 0.115 e. The Kier molecular flexibility index (Phi) is 5.56. The van der Waals surface area contributed by atoms with Crippen LogP contribution in [0.15, 0.2) is 29.6 Å².